The van der Waals surface area contributed by atoms with Crippen LogP contribution < -0.4 is 10.5 Å². The first kappa shape index (κ1) is 14.2. The van der Waals surface area contributed by atoms with E-state index in [1.807, 2.05) is 54.6 Å². The molecule has 0 amide bonds. The molecule has 0 saturated carbocycles. The van der Waals surface area contributed by atoms with Gasteiger partial charge in [0, 0.05) is 11.3 Å². The largest absolute Gasteiger partial charge is 0.489 e. The van der Waals surface area contributed by atoms with E-state index in [9.17, 15) is 0 Å². The Morgan fingerprint density at radius 3 is 2.53 bits per heavy atom. The topological polar surface area (TPSA) is 35.2 Å². The summed E-state index contributed by atoms with van der Waals surface area (Å²) >= 11 is 6.65. The van der Waals surface area contributed by atoms with Gasteiger partial charge in [-0.2, -0.15) is 0 Å². The van der Waals surface area contributed by atoms with Gasteiger partial charge >= 0.3 is 0 Å². The van der Waals surface area contributed by atoms with Crippen LogP contribution >= 0.6 is 31.9 Å². The molecule has 0 aromatic heterocycles. The maximum Gasteiger partial charge on any atom is 0.120 e. The zero-order valence-corrected chi connectivity index (χ0v) is 13.3. The molecule has 0 aliphatic heterocycles. The van der Waals surface area contributed by atoms with E-state index in [-0.39, 0.29) is 0 Å². The molecule has 2 nitrogen and oxygen atoms in total. The number of hydrogen-bond donors (Lipinski definition) is 1. The fraction of sp³-hybridized carbons (Fsp3) is 0.0667. The van der Waals surface area contributed by atoms with Crippen LogP contribution in [0.2, 0.25) is 0 Å². The highest BCUT2D eigenvalue weighted by Crippen LogP contribution is 2.26. The summed E-state index contributed by atoms with van der Waals surface area (Å²) in [7, 11) is 0. The summed E-state index contributed by atoms with van der Waals surface area (Å²) in [5.41, 5.74) is 8.66. The molecular weight excluding hydrogens is 370 g/mol. The van der Waals surface area contributed by atoms with Crippen molar-refractivity contribution >= 4 is 43.6 Å². The maximum absolute atomic E-state index is 5.90. The third-order valence-electron chi connectivity index (χ3n) is 2.57. The first-order valence-electron chi connectivity index (χ1n) is 5.74. The zero-order valence-electron chi connectivity index (χ0n) is 10.1. The Hall–Kier alpha value is -1.26. The van der Waals surface area contributed by atoms with E-state index >= 15 is 0 Å². The van der Waals surface area contributed by atoms with Gasteiger partial charge in [-0.3, -0.25) is 0 Å². The van der Waals surface area contributed by atoms with Crippen molar-refractivity contribution in [1.82, 2.24) is 0 Å². The highest BCUT2D eigenvalue weighted by Gasteiger charge is 2.01. The Morgan fingerprint density at radius 2 is 1.84 bits per heavy atom. The van der Waals surface area contributed by atoms with Crippen molar-refractivity contribution in [2.45, 2.75) is 6.61 Å². The summed E-state index contributed by atoms with van der Waals surface area (Å²) in [4.78, 5) is 0. The molecule has 2 aromatic rings. The average Bonchev–Trinajstić information content (AvgIpc) is 2.40. The van der Waals surface area contributed by atoms with Gasteiger partial charge in [-0.1, -0.05) is 30.3 Å². The van der Waals surface area contributed by atoms with Crippen LogP contribution in [0.25, 0.3) is 6.08 Å². The molecule has 19 heavy (non-hydrogen) atoms. The lowest BCUT2D eigenvalue weighted by atomic mass is 10.1. The smallest absolute Gasteiger partial charge is 0.120 e. The van der Waals surface area contributed by atoms with Gasteiger partial charge in [0.2, 0.25) is 0 Å². The van der Waals surface area contributed by atoms with Crippen LogP contribution in [-0.4, -0.2) is 0 Å². The minimum Gasteiger partial charge on any atom is -0.489 e. The van der Waals surface area contributed by atoms with E-state index in [4.69, 9.17) is 10.5 Å². The molecule has 0 radical (unpaired) electrons. The van der Waals surface area contributed by atoms with Gasteiger partial charge in [-0.15, -0.1) is 0 Å². The number of anilines is 1. The highest BCUT2D eigenvalue weighted by molar-refractivity contribution is 9.28. The predicted octanol–water partition coefficient (Wildman–Crippen LogP) is 4.94. The van der Waals surface area contributed by atoms with Crippen molar-refractivity contribution in [2.24, 2.45) is 0 Å². The minimum atomic E-state index is 0.545. The second kappa shape index (κ2) is 6.78. The van der Waals surface area contributed by atoms with Crippen molar-refractivity contribution < 1.29 is 4.74 Å². The molecule has 0 aliphatic carbocycles. The highest BCUT2D eigenvalue weighted by atomic mass is 79.9. The van der Waals surface area contributed by atoms with Crippen molar-refractivity contribution in [1.29, 1.82) is 0 Å². The van der Waals surface area contributed by atoms with Gasteiger partial charge in [0.05, 0.1) is 3.39 Å². The van der Waals surface area contributed by atoms with E-state index in [0.717, 1.165) is 20.3 Å². The van der Waals surface area contributed by atoms with Gasteiger partial charge in [-0.05, 0) is 61.7 Å². The van der Waals surface area contributed by atoms with E-state index < -0.39 is 0 Å². The molecule has 0 fully saturated rings. The molecule has 2 N–H and O–H groups in total. The molecule has 0 spiro atoms. The van der Waals surface area contributed by atoms with Gasteiger partial charge in [-0.25, -0.2) is 0 Å². The number of ether oxygens (including phenoxy) is 1. The van der Waals surface area contributed by atoms with Gasteiger partial charge < -0.3 is 10.5 Å². The Bertz CT molecular complexity index is 578. The number of nitrogens with two attached hydrogens (primary N) is 1. The molecule has 0 aliphatic rings. The van der Waals surface area contributed by atoms with Gasteiger partial charge in [0.15, 0.2) is 0 Å². The fourth-order valence-electron chi connectivity index (χ4n) is 1.63. The monoisotopic (exact) mass is 381 g/mol. The molecule has 98 valence electrons. The van der Waals surface area contributed by atoms with Crippen molar-refractivity contribution in [3.63, 3.8) is 0 Å². The summed E-state index contributed by atoms with van der Waals surface area (Å²) < 4.78 is 6.59. The molecule has 2 rings (SSSR count). The minimum absolute atomic E-state index is 0.545. The summed E-state index contributed by atoms with van der Waals surface area (Å²) in [5.74, 6) is 0.797. The molecule has 0 bridgehead atoms. The van der Waals surface area contributed by atoms with Crippen LogP contribution in [0, 0.1) is 0 Å². The van der Waals surface area contributed by atoms with Crippen LogP contribution in [0.4, 0.5) is 5.69 Å². The maximum atomic E-state index is 5.90. The summed E-state index contributed by atoms with van der Waals surface area (Å²) in [6, 6.07) is 15.7. The average molecular weight is 383 g/mol. The van der Waals surface area contributed by atoms with Crippen molar-refractivity contribution in [2.75, 3.05) is 5.73 Å². The lowest BCUT2D eigenvalue weighted by Crippen LogP contribution is -1.96. The molecule has 2 aromatic carbocycles. The third-order valence-corrected chi connectivity index (χ3v) is 3.03. The van der Waals surface area contributed by atoms with E-state index in [0.29, 0.717) is 12.3 Å². The Morgan fingerprint density at radius 1 is 1.11 bits per heavy atom. The molecule has 0 unspecified atom stereocenters. The normalized spacial score (nSPS) is 10.0. The number of nitrogen functional groups attached to an aromatic ring is 1. The van der Waals surface area contributed by atoms with Crippen LogP contribution in [0.1, 0.15) is 11.1 Å². The van der Waals surface area contributed by atoms with Crippen molar-refractivity contribution in [3.8, 4) is 5.75 Å². The standard InChI is InChI=1S/C15H13Br2NO/c16-15(17)9-12-8-13(6-7-14(12)18)19-10-11-4-2-1-3-5-11/h1-9H,10,18H2. The van der Waals surface area contributed by atoms with E-state index in [1.165, 1.54) is 0 Å². The third kappa shape index (κ3) is 4.40. The van der Waals surface area contributed by atoms with Gasteiger partial charge in [0.25, 0.3) is 0 Å². The quantitative estimate of drug-likeness (QED) is 0.760. The molecular formula is C15H13Br2NO. The molecule has 0 atom stereocenters. The summed E-state index contributed by atoms with van der Waals surface area (Å²) in [5, 5.41) is 0. The SMILES string of the molecule is Nc1ccc(OCc2ccccc2)cc1C=C(Br)Br. The number of halogens is 2. The first-order valence-corrected chi connectivity index (χ1v) is 7.33. The second-order valence-corrected chi connectivity index (χ2v) is 6.77. The van der Waals surface area contributed by atoms with E-state index in [1.54, 1.807) is 0 Å². The lowest BCUT2D eigenvalue weighted by molar-refractivity contribution is 0.306. The molecule has 4 heteroatoms. The van der Waals surface area contributed by atoms with Crippen molar-refractivity contribution in [3.05, 3.63) is 63.0 Å². The number of benzene rings is 2. The summed E-state index contributed by atoms with van der Waals surface area (Å²) in [6.45, 7) is 0.545. The van der Waals surface area contributed by atoms with Gasteiger partial charge in [0.1, 0.15) is 12.4 Å². The second-order valence-electron chi connectivity index (χ2n) is 4.00. The number of rotatable bonds is 4. The van der Waals surface area contributed by atoms with Crippen LogP contribution in [0.15, 0.2) is 51.9 Å². The molecule has 0 saturated heterocycles. The Labute approximate surface area is 129 Å². The number of hydrogen-bond acceptors (Lipinski definition) is 2. The zero-order chi connectivity index (χ0) is 13.7. The molecule has 0 heterocycles. The van der Waals surface area contributed by atoms with E-state index in [2.05, 4.69) is 31.9 Å². The lowest BCUT2D eigenvalue weighted by Gasteiger charge is -2.08. The Kier molecular flexibility index (Phi) is 5.05. The van der Waals surface area contributed by atoms with Crippen LogP contribution in [0.5, 0.6) is 5.75 Å². The van der Waals surface area contributed by atoms with Crippen LogP contribution in [-0.2, 0) is 6.61 Å². The fourth-order valence-corrected chi connectivity index (χ4v) is 2.12. The predicted molar refractivity (Wildman–Crippen MR) is 87.5 cm³/mol. The summed E-state index contributed by atoms with van der Waals surface area (Å²) in [6.07, 6.45) is 1.89. The van der Waals surface area contributed by atoms with Crippen LogP contribution in [0.3, 0.4) is 0 Å². The Balaban J connectivity index is 2.11. The first-order chi connectivity index (χ1) is 9.15.